The van der Waals surface area contributed by atoms with Gasteiger partial charge in [0.05, 0.1) is 0 Å². The number of nitrogens with one attached hydrogen (secondary N) is 1. The van der Waals surface area contributed by atoms with Gasteiger partial charge in [-0.15, -0.1) is 0 Å². The van der Waals surface area contributed by atoms with Crippen LogP contribution in [0.3, 0.4) is 0 Å². The zero-order valence-electron chi connectivity index (χ0n) is 10.4. The fourth-order valence-corrected chi connectivity index (χ4v) is 2.50. The van der Waals surface area contributed by atoms with Crippen LogP contribution in [0.25, 0.3) is 0 Å². The Morgan fingerprint density at radius 2 is 1.93 bits per heavy atom. The minimum absolute atomic E-state index is 0.0954. The summed E-state index contributed by atoms with van der Waals surface area (Å²) in [6.07, 6.45) is 3.57. The average Bonchev–Trinajstić information content (AvgIpc) is 2.17. The first kappa shape index (κ1) is 12.5. The molecule has 0 aromatic heterocycles. The molecule has 0 bridgehead atoms. The van der Waals surface area contributed by atoms with Gasteiger partial charge in [-0.05, 0) is 40.2 Å². The van der Waals surface area contributed by atoms with Crippen molar-refractivity contribution in [3.8, 4) is 0 Å². The van der Waals surface area contributed by atoms with Crippen molar-refractivity contribution in [2.24, 2.45) is 5.92 Å². The molecule has 1 aliphatic rings. The Labute approximate surface area is 93.2 Å². The van der Waals surface area contributed by atoms with E-state index in [4.69, 9.17) is 0 Å². The molecular weight excluding hydrogens is 188 g/mol. The van der Waals surface area contributed by atoms with Crippen molar-refractivity contribution in [2.75, 3.05) is 13.6 Å². The normalized spacial score (nSPS) is 28.9. The highest BCUT2D eigenvalue weighted by Crippen LogP contribution is 2.24. The van der Waals surface area contributed by atoms with Crippen molar-refractivity contribution in [3.05, 3.63) is 0 Å². The molecule has 1 heterocycles. The van der Waals surface area contributed by atoms with Gasteiger partial charge >= 0.3 is 0 Å². The minimum Gasteiger partial charge on any atom is -0.337 e. The lowest BCUT2D eigenvalue weighted by Crippen LogP contribution is -2.50. The molecule has 1 fully saturated rings. The highest BCUT2D eigenvalue weighted by molar-refractivity contribution is 5.79. The summed E-state index contributed by atoms with van der Waals surface area (Å²) >= 11 is 0. The van der Waals surface area contributed by atoms with Crippen LogP contribution in [0, 0.1) is 5.92 Å². The van der Waals surface area contributed by atoms with Crippen molar-refractivity contribution in [3.63, 3.8) is 0 Å². The highest BCUT2D eigenvalue weighted by atomic mass is 16.2. The summed E-state index contributed by atoms with van der Waals surface area (Å²) in [7, 11) is 1.90. The zero-order chi connectivity index (χ0) is 11.4. The summed E-state index contributed by atoms with van der Waals surface area (Å²) in [6, 6.07) is 0.834. The number of hydrogen-bond acceptors (Lipinski definition) is 2. The van der Waals surface area contributed by atoms with Crippen molar-refractivity contribution in [1.82, 2.24) is 10.2 Å². The van der Waals surface area contributed by atoms with Gasteiger partial charge in [0, 0.05) is 24.5 Å². The van der Waals surface area contributed by atoms with Gasteiger partial charge in [-0.1, -0.05) is 6.92 Å². The Morgan fingerprint density at radius 3 is 2.40 bits per heavy atom. The third-order valence-electron chi connectivity index (χ3n) is 3.38. The Hall–Kier alpha value is -0.570. The molecule has 1 saturated heterocycles. The van der Waals surface area contributed by atoms with Gasteiger partial charge in [-0.25, -0.2) is 0 Å². The van der Waals surface area contributed by atoms with Gasteiger partial charge < -0.3 is 10.2 Å². The summed E-state index contributed by atoms with van der Waals surface area (Å²) in [5.41, 5.74) is 0. The number of carbonyl (C=O) groups excluding carboxylic acids is 1. The zero-order valence-corrected chi connectivity index (χ0v) is 10.4. The number of hydrogen-bond donors (Lipinski definition) is 1. The van der Waals surface area contributed by atoms with Crippen molar-refractivity contribution >= 4 is 5.91 Å². The molecule has 0 saturated carbocycles. The maximum Gasteiger partial charge on any atom is 0.227 e. The topological polar surface area (TPSA) is 32.3 Å². The van der Waals surface area contributed by atoms with E-state index < -0.39 is 0 Å². The van der Waals surface area contributed by atoms with Crippen molar-refractivity contribution < 1.29 is 4.79 Å². The van der Waals surface area contributed by atoms with Crippen LogP contribution in [0.2, 0.25) is 0 Å². The maximum atomic E-state index is 12.2. The van der Waals surface area contributed by atoms with E-state index in [9.17, 15) is 4.79 Å². The molecule has 1 rings (SSSR count). The molecule has 0 aromatic carbocycles. The molecule has 0 aliphatic carbocycles. The SMILES string of the molecule is CNCC(C)C(=O)N1C(C)CCCC1C. The van der Waals surface area contributed by atoms with E-state index in [-0.39, 0.29) is 5.92 Å². The van der Waals surface area contributed by atoms with Crippen LogP contribution in [0.4, 0.5) is 0 Å². The second kappa shape index (κ2) is 5.50. The van der Waals surface area contributed by atoms with Gasteiger partial charge in [0.15, 0.2) is 0 Å². The summed E-state index contributed by atoms with van der Waals surface area (Å²) in [5.74, 6) is 0.405. The van der Waals surface area contributed by atoms with Crippen LogP contribution in [0.5, 0.6) is 0 Å². The highest BCUT2D eigenvalue weighted by Gasteiger charge is 2.31. The number of piperidine rings is 1. The van der Waals surface area contributed by atoms with E-state index in [1.807, 2.05) is 14.0 Å². The van der Waals surface area contributed by atoms with Crippen LogP contribution in [0.15, 0.2) is 0 Å². The quantitative estimate of drug-likeness (QED) is 0.771. The van der Waals surface area contributed by atoms with Crippen molar-refractivity contribution in [1.29, 1.82) is 0 Å². The first-order chi connectivity index (χ1) is 7.07. The predicted octanol–water partition coefficient (Wildman–Crippen LogP) is 1.63. The standard InChI is InChI=1S/C12H24N2O/c1-9(8-13-4)12(15)14-10(2)6-5-7-11(14)3/h9-11,13H,5-8H2,1-4H3. The Bertz CT molecular complexity index is 208. The molecule has 0 aromatic rings. The van der Waals surface area contributed by atoms with Crippen LogP contribution in [-0.4, -0.2) is 36.5 Å². The molecule has 15 heavy (non-hydrogen) atoms. The lowest BCUT2D eigenvalue weighted by molar-refractivity contribution is -0.141. The lowest BCUT2D eigenvalue weighted by atomic mass is 9.95. The summed E-state index contributed by atoms with van der Waals surface area (Å²) in [6.45, 7) is 7.11. The molecule has 0 radical (unpaired) electrons. The molecule has 3 heteroatoms. The van der Waals surface area contributed by atoms with E-state index >= 15 is 0 Å². The number of rotatable bonds is 3. The van der Waals surface area contributed by atoms with Gasteiger partial charge in [0.1, 0.15) is 0 Å². The van der Waals surface area contributed by atoms with Gasteiger partial charge in [0.25, 0.3) is 0 Å². The fourth-order valence-electron chi connectivity index (χ4n) is 2.50. The van der Waals surface area contributed by atoms with E-state index in [2.05, 4.69) is 24.1 Å². The van der Waals surface area contributed by atoms with Gasteiger partial charge in [0.2, 0.25) is 5.91 Å². The summed E-state index contributed by atoms with van der Waals surface area (Å²) in [4.78, 5) is 14.3. The third kappa shape index (κ3) is 2.94. The Morgan fingerprint density at radius 1 is 1.40 bits per heavy atom. The molecule has 1 N–H and O–H groups in total. The fraction of sp³-hybridized carbons (Fsp3) is 0.917. The minimum atomic E-state index is 0.0954. The Balaban J connectivity index is 2.62. The van der Waals surface area contributed by atoms with E-state index in [1.54, 1.807) is 0 Å². The first-order valence-electron chi connectivity index (χ1n) is 6.04. The molecule has 1 amide bonds. The Kier molecular flexibility index (Phi) is 4.58. The van der Waals surface area contributed by atoms with E-state index in [0.29, 0.717) is 18.0 Å². The molecule has 3 atom stereocenters. The van der Waals surface area contributed by atoms with Gasteiger partial charge in [-0.2, -0.15) is 0 Å². The lowest BCUT2D eigenvalue weighted by Gasteiger charge is -2.40. The number of nitrogens with zero attached hydrogens (tertiary/aromatic N) is 1. The van der Waals surface area contributed by atoms with Gasteiger partial charge in [-0.3, -0.25) is 4.79 Å². The summed E-state index contributed by atoms with van der Waals surface area (Å²) in [5, 5.41) is 3.07. The number of amides is 1. The predicted molar refractivity (Wildman–Crippen MR) is 62.7 cm³/mol. The average molecular weight is 212 g/mol. The molecule has 3 nitrogen and oxygen atoms in total. The number of likely N-dealkylation sites (tertiary alicyclic amines) is 1. The first-order valence-corrected chi connectivity index (χ1v) is 6.04. The third-order valence-corrected chi connectivity index (χ3v) is 3.38. The second-order valence-electron chi connectivity index (χ2n) is 4.83. The second-order valence-corrected chi connectivity index (χ2v) is 4.83. The molecule has 3 unspecified atom stereocenters. The van der Waals surface area contributed by atoms with Crippen LogP contribution >= 0.6 is 0 Å². The molecular formula is C12H24N2O. The van der Waals surface area contributed by atoms with E-state index in [0.717, 1.165) is 19.4 Å². The molecule has 88 valence electrons. The monoisotopic (exact) mass is 212 g/mol. The smallest absolute Gasteiger partial charge is 0.227 e. The van der Waals surface area contributed by atoms with E-state index in [1.165, 1.54) is 6.42 Å². The van der Waals surface area contributed by atoms with Crippen LogP contribution in [0.1, 0.15) is 40.0 Å². The largest absolute Gasteiger partial charge is 0.337 e. The molecule has 0 spiro atoms. The summed E-state index contributed by atoms with van der Waals surface area (Å²) < 4.78 is 0. The van der Waals surface area contributed by atoms with Crippen LogP contribution < -0.4 is 5.32 Å². The maximum absolute atomic E-state index is 12.2. The van der Waals surface area contributed by atoms with Crippen molar-refractivity contribution in [2.45, 2.75) is 52.1 Å². The number of carbonyl (C=O) groups is 1. The molecule has 1 aliphatic heterocycles. The van der Waals surface area contributed by atoms with Crippen LogP contribution in [-0.2, 0) is 4.79 Å².